The number of halogens is 2. The molecular weight excluding hydrogens is 245 g/mol. The van der Waals surface area contributed by atoms with Gasteiger partial charge in [-0.05, 0) is 24.8 Å². The molecule has 17 heavy (non-hydrogen) atoms. The Kier molecular flexibility index (Phi) is 4.87. The Morgan fingerprint density at radius 3 is 2.65 bits per heavy atom. The summed E-state index contributed by atoms with van der Waals surface area (Å²) in [5, 5.41) is 10.5. The van der Waals surface area contributed by atoms with E-state index in [0.29, 0.717) is 12.0 Å². The van der Waals surface area contributed by atoms with Gasteiger partial charge in [0.15, 0.2) is 0 Å². The zero-order chi connectivity index (χ0) is 13.0. The third-order valence-corrected chi connectivity index (χ3v) is 3.27. The van der Waals surface area contributed by atoms with Gasteiger partial charge in [-0.15, -0.1) is 11.6 Å². The molecule has 0 heterocycles. The molecule has 0 aliphatic rings. The predicted molar refractivity (Wildman–Crippen MR) is 65.9 cm³/mol. The maximum atomic E-state index is 13.8. The van der Waals surface area contributed by atoms with Crippen LogP contribution >= 0.6 is 11.6 Å². The Bertz CT molecular complexity index is 409. The number of alkyl halides is 1. The summed E-state index contributed by atoms with van der Waals surface area (Å²) in [4.78, 5) is 9.90. The van der Waals surface area contributed by atoms with Crippen molar-refractivity contribution in [2.45, 2.75) is 32.1 Å². The number of nitrogens with zero attached hydrogens (tertiary/aromatic N) is 1. The molecule has 0 saturated heterocycles. The first kappa shape index (κ1) is 13.9. The Morgan fingerprint density at radius 2 is 2.18 bits per heavy atom. The molecule has 0 saturated carbocycles. The second kappa shape index (κ2) is 5.96. The van der Waals surface area contributed by atoms with E-state index in [-0.39, 0.29) is 11.3 Å². The maximum Gasteiger partial charge on any atom is 0.305 e. The molecule has 0 aliphatic carbocycles. The van der Waals surface area contributed by atoms with Crippen molar-refractivity contribution in [3.05, 3.63) is 39.7 Å². The Morgan fingerprint density at radius 1 is 1.53 bits per heavy atom. The first-order valence-electron chi connectivity index (χ1n) is 5.53. The van der Waals surface area contributed by atoms with Crippen LogP contribution in [0, 0.1) is 21.8 Å². The van der Waals surface area contributed by atoms with E-state index in [1.54, 1.807) is 6.07 Å². The van der Waals surface area contributed by atoms with Crippen LogP contribution in [0.3, 0.4) is 0 Å². The van der Waals surface area contributed by atoms with Gasteiger partial charge in [0.05, 0.1) is 4.92 Å². The van der Waals surface area contributed by atoms with Crippen LogP contribution in [-0.4, -0.2) is 10.3 Å². The maximum absolute atomic E-state index is 13.8. The van der Waals surface area contributed by atoms with Crippen LogP contribution in [-0.2, 0) is 6.42 Å². The van der Waals surface area contributed by atoms with Crippen molar-refractivity contribution in [1.29, 1.82) is 0 Å². The van der Waals surface area contributed by atoms with Gasteiger partial charge in [-0.1, -0.05) is 25.5 Å². The van der Waals surface area contributed by atoms with Crippen molar-refractivity contribution in [3.63, 3.8) is 0 Å². The zero-order valence-electron chi connectivity index (χ0n) is 9.82. The van der Waals surface area contributed by atoms with Gasteiger partial charge in [-0.3, -0.25) is 10.1 Å². The molecule has 1 aromatic carbocycles. The van der Waals surface area contributed by atoms with Crippen LogP contribution in [0.1, 0.15) is 25.8 Å². The van der Waals surface area contributed by atoms with Crippen LogP contribution < -0.4 is 0 Å². The fourth-order valence-electron chi connectivity index (χ4n) is 1.78. The predicted octanol–water partition coefficient (Wildman–Crippen LogP) is 3.93. The molecule has 0 aromatic heterocycles. The molecule has 0 bridgehead atoms. The largest absolute Gasteiger partial charge is 0.305 e. The summed E-state index contributed by atoms with van der Waals surface area (Å²) < 4.78 is 13.8. The summed E-state index contributed by atoms with van der Waals surface area (Å²) >= 11 is 5.99. The van der Waals surface area contributed by atoms with Crippen molar-refractivity contribution in [1.82, 2.24) is 0 Å². The van der Waals surface area contributed by atoms with Crippen LogP contribution in [0.5, 0.6) is 0 Å². The molecule has 0 amide bonds. The number of nitro groups is 1. The van der Waals surface area contributed by atoms with E-state index >= 15 is 0 Å². The molecule has 94 valence electrons. The minimum Gasteiger partial charge on any atom is -0.258 e. The minimum absolute atomic E-state index is 0.0846. The van der Waals surface area contributed by atoms with Gasteiger partial charge in [0.2, 0.25) is 5.82 Å². The number of benzene rings is 1. The molecule has 0 aliphatic heterocycles. The third kappa shape index (κ3) is 3.40. The Labute approximate surface area is 105 Å². The van der Waals surface area contributed by atoms with Gasteiger partial charge in [0.1, 0.15) is 0 Å². The summed E-state index contributed by atoms with van der Waals surface area (Å²) in [5.74, 6) is -0.624. The van der Waals surface area contributed by atoms with Crippen molar-refractivity contribution in [2.24, 2.45) is 5.92 Å². The van der Waals surface area contributed by atoms with E-state index in [9.17, 15) is 14.5 Å². The molecule has 3 nitrogen and oxygen atoms in total. The van der Waals surface area contributed by atoms with E-state index in [1.807, 2.05) is 13.8 Å². The van der Waals surface area contributed by atoms with Gasteiger partial charge < -0.3 is 0 Å². The van der Waals surface area contributed by atoms with E-state index in [0.717, 1.165) is 6.42 Å². The Hall–Kier alpha value is -1.16. The van der Waals surface area contributed by atoms with Crippen LogP contribution in [0.4, 0.5) is 10.1 Å². The van der Waals surface area contributed by atoms with Gasteiger partial charge in [-0.2, -0.15) is 4.39 Å². The van der Waals surface area contributed by atoms with Crippen molar-refractivity contribution < 1.29 is 9.31 Å². The summed E-state index contributed by atoms with van der Waals surface area (Å²) in [6.45, 7) is 3.82. The lowest BCUT2D eigenvalue weighted by molar-refractivity contribution is -0.387. The quantitative estimate of drug-likeness (QED) is 0.457. The molecule has 2 unspecified atom stereocenters. The fraction of sp³-hybridized carbons (Fsp3) is 0.500. The SMILES string of the molecule is CCC(Cc1cccc([N+](=O)[O-])c1F)C(C)Cl. The zero-order valence-corrected chi connectivity index (χ0v) is 10.6. The van der Waals surface area contributed by atoms with E-state index in [2.05, 4.69) is 0 Å². The molecule has 2 atom stereocenters. The number of rotatable bonds is 5. The van der Waals surface area contributed by atoms with Crippen molar-refractivity contribution in [2.75, 3.05) is 0 Å². The molecule has 0 N–H and O–H groups in total. The standard InChI is InChI=1S/C12H15ClFNO2/c1-3-9(8(2)13)7-10-5-4-6-11(12(10)14)15(16)17/h4-6,8-9H,3,7H2,1-2H3. The second-order valence-corrected chi connectivity index (χ2v) is 4.75. The molecule has 0 spiro atoms. The smallest absolute Gasteiger partial charge is 0.258 e. The summed E-state index contributed by atoms with van der Waals surface area (Å²) in [5.41, 5.74) is -0.113. The first-order valence-corrected chi connectivity index (χ1v) is 5.96. The molecule has 5 heteroatoms. The first-order chi connectivity index (χ1) is 7.97. The normalized spacial score (nSPS) is 14.4. The van der Waals surface area contributed by atoms with E-state index < -0.39 is 16.4 Å². The van der Waals surface area contributed by atoms with Gasteiger partial charge >= 0.3 is 5.69 Å². The fourth-order valence-corrected chi connectivity index (χ4v) is 2.05. The highest BCUT2D eigenvalue weighted by Gasteiger charge is 2.21. The van der Waals surface area contributed by atoms with E-state index in [4.69, 9.17) is 11.6 Å². The summed E-state index contributed by atoms with van der Waals surface area (Å²) in [6, 6.07) is 4.25. The number of hydrogen-bond donors (Lipinski definition) is 0. The van der Waals surface area contributed by atoms with Crippen molar-refractivity contribution in [3.8, 4) is 0 Å². The highest BCUT2D eigenvalue weighted by Crippen LogP contribution is 2.25. The van der Waals surface area contributed by atoms with Crippen LogP contribution in [0.15, 0.2) is 18.2 Å². The lowest BCUT2D eigenvalue weighted by Gasteiger charge is -2.17. The third-order valence-electron chi connectivity index (χ3n) is 2.91. The topological polar surface area (TPSA) is 43.1 Å². The average Bonchev–Trinajstić information content (AvgIpc) is 2.26. The second-order valence-electron chi connectivity index (χ2n) is 4.06. The number of nitro benzene ring substituents is 1. The minimum atomic E-state index is -0.742. The van der Waals surface area contributed by atoms with Gasteiger partial charge in [-0.25, -0.2) is 0 Å². The molecule has 1 rings (SSSR count). The van der Waals surface area contributed by atoms with Crippen LogP contribution in [0.25, 0.3) is 0 Å². The molecule has 1 aromatic rings. The molecule has 0 radical (unpaired) electrons. The highest BCUT2D eigenvalue weighted by atomic mass is 35.5. The molecule has 0 fully saturated rings. The Balaban J connectivity index is 2.99. The highest BCUT2D eigenvalue weighted by molar-refractivity contribution is 6.20. The monoisotopic (exact) mass is 259 g/mol. The van der Waals surface area contributed by atoms with Crippen molar-refractivity contribution >= 4 is 17.3 Å². The van der Waals surface area contributed by atoms with Crippen LogP contribution in [0.2, 0.25) is 0 Å². The van der Waals surface area contributed by atoms with Gasteiger partial charge in [0, 0.05) is 11.4 Å². The summed E-state index contributed by atoms with van der Waals surface area (Å²) in [7, 11) is 0. The number of hydrogen-bond acceptors (Lipinski definition) is 2. The van der Waals surface area contributed by atoms with E-state index in [1.165, 1.54) is 12.1 Å². The molecular formula is C12H15ClFNO2. The van der Waals surface area contributed by atoms with Gasteiger partial charge in [0.25, 0.3) is 0 Å². The average molecular weight is 260 g/mol. The lowest BCUT2D eigenvalue weighted by Crippen LogP contribution is -2.14. The summed E-state index contributed by atoms with van der Waals surface area (Å²) in [6.07, 6.45) is 1.24. The lowest BCUT2D eigenvalue weighted by atomic mass is 9.93.